The first kappa shape index (κ1) is 16.7. The Morgan fingerprint density at radius 2 is 1.50 bits per heavy atom. The van der Waals surface area contributed by atoms with E-state index in [1.165, 1.54) is 71.6 Å². The van der Waals surface area contributed by atoms with Crippen LogP contribution in [0.5, 0.6) is 0 Å². The maximum atomic E-state index is 2.76. The van der Waals surface area contributed by atoms with Gasteiger partial charge in [0.2, 0.25) is 0 Å². The average Bonchev–Trinajstić information content (AvgIpc) is 3.13. The molecule has 0 aromatic heterocycles. The Labute approximate surface area is 138 Å². The quantitative estimate of drug-likeness (QED) is 0.716. The Hall–Kier alpha value is -0.120. The molecule has 22 heavy (non-hydrogen) atoms. The van der Waals surface area contributed by atoms with Crippen molar-refractivity contribution in [3.8, 4) is 0 Å². The zero-order chi connectivity index (χ0) is 15.7. The zero-order valence-corrected chi connectivity index (χ0v) is 15.4. The van der Waals surface area contributed by atoms with Gasteiger partial charge in [0.05, 0.1) is 0 Å². The normalized spacial score (nSPS) is 27.5. The summed E-state index contributed by atoms with van der Waals surface area (Å²) in [5, 5.41) is 0. The van der Waals surface area contributed by atoms with Crippen molar-refractivity contribution in [1.29, 1.82) is 0 Å². The lowest BCUT2D eigenvalue weighted by Crippen LogP contribution is -2.56. The summed E-state index contributed by atoms with van der Waals surface area (Å²) in [5.41, 5.74) is 0.710. The third-order valence-corrected chi connectivity index (χ3v) is 6.05. The minimum absolute atomic E-state index is 0.710. The van der Waals surface area contributed by atoms with Crippen LogP contribution in [0.15, 0.2) is 0 Å². The van der Waals surface area contributed by atoms with Crippen LogP contribution in [0.3, 0.4) is 0 Å². The minimum Gasteiger partial charge on any atom is -0.300 e. The van der Waals surface area contributed by atoms with Crippen LogP contribution in [0.2, 0.25) is 0 Å². The Kier molecular flexibility index (Phi) is 5.16. The molecule has 0 N–H and O–H groups in total. The molecule has 1 saturated carbocycles. The Morgan fingerprint density at radius 1 is 0.909 bits per heavy atom. The molecule has 3 fully saturated rings. The van der Waals surface area contributed by atoms with E-state index in [4.69, 9.17) is 0 Å². The maximum Gasteiger partial charge on any atom is 0.0110 e. The lowest BCUT2D eigenvalue weighted by Gasteiger charge is -2.45. The van der Waals surface area contributed by atoms with E-state index in [-0.39, 0.29) is 0 Å². The van der Waals surface area contributed by atoms with Gasteiger partial charge in [0.25, 0.3) is 0 Å². The molecule has 0 radical (unpaired) electrons. The first-order chi connectivity index (χ1) is 10.5. The van der Waals surface area contributed by atoms with Crippen LogP contribution in [0, 0.1) is 17.3 Å². The molecule has 0 aromatic carbocycles. The third kappa shape index (κ3) is 4.24. The fraction of sp³-hybridized carbons (Fsp3) is 1.00. The second kappa shape index (κ2) is 6.78. The molecule has 1 aliphatic carbocycles. The Morgan fingerprint density at radius 3 is 2.00 bits per heavy atom. The second-order valence-electron chi connectivity index (χ2n) is 9.09. The first-order valence-electron chi connectivity index (χ1n) is 9.64. The van der Waals surface area contributed by atoms with Gasteiger partial charge in [-0.15, -0.1) is 0 Å². The summed E-state index contributed by atoms with van der Waals surface area (Å²) in [5.74, 6) is 1.80. The highest BCUT2D eigenvalue weighted by molar-refractivity contribution is 4.97. The van der Waals surface area contributed by atoms with E-state index in [1.54, 1.807) is 0 Å². The fourth-order valence-corrected chi connectivity index (χ4v) is 4.59. The summed E-state index contributed by atoms with van der Waals surface area (Å²) >= 11 is 0. The van der Waals surface area contributed by atoms with Gasteiger partial charge >= 0.3 is 0 Å². The molecule has 2 heterocycles. The van der Waals surface area contributed by atoms with Crippen molar-refractivity contribution in [1.82, 2.24) is 14.7 Å². The van der Waals surface area contributed by atoms with E-state index in [0.717, 1.165) is 17.9 Å². The molecule has 2 saturated heterocycles. The second-order valence-corrected chi connectivity index (χ2v) is 9.09. The Bertz CT molecular complexity index is 348. The summed E-state index contributed by atoms with van der Waals surface area (Å²) in [6.45, 7) is 20.0. The predicted octanol–water partition coefficient (Wildman–Crippen LogP) is 2.77. The standard InChI is InChI=1S/C19H37N3/c1-16(2)11-19(5-6-19)15-21-9-7-20(8-10-21)12-18-13-22(14-18)17(3)4/h16-18H,5-15H2,1-4H3. The van der Waals surface area contributed by atoms with Crippen LogP contribution in [-0.2, 0) is 0 Å². The number of nitrogens with zero attached hydrogens (tertiary/aromatic N) is 3. The smallest absolute Gasteiger partial charge is 0.0110 e. The summed E-state index contributed by atoms with van der Waals surface area (Å²) < 4.78 is 0. The third-order valence-electron chi connectivity index (χ3n) is 6.05. The highest BCUT2D eigenvalue weighted by atomic mass is 15.3. The highest BCUT2D eigenvalue weighted by Crippen LogP contribution is 2.51. The number of hydrogen-bond donors (Lipinski definition) is 0. The van der Waals surface area contributed by atoms with Crippen molar-refractivity contribution in [3.63, 3.8) is 0 Å². The van der Waals surface area contributed by atoms with Gasteiger partial charge in [0, 0.05) is 58.4 Å². The van der Waals surface area contributed by atoms with Gasteiger partial charge in [-0.1, -0.05) is 13.8 Å². The van der Waals surface area contributed by atoms with E-state index in [2.05, 4.69) is 42.4 Å². The van der Waals surface area contributed by atoms with Crippen molar-refractivity contribution in [3.05, 3.63) is 0 Å². The zero-order valence-electron chi connectivity index (χ0n) is 15.4. The molecule has 2 aliphatic heterocycles. The molecule has 128 valence electrons. The summed E-state index contributed by atoms with van der Waals surface area (Å²) in [6, 6.07) is 0.740. The van der Waals surface area contributed by atoms with Crippen molar-refractivity contribution >= 4 is 0 Å². The van der Waals surface area contributed by atoms with Gasteiger partial charge < -0.3 is 14.7 Å². The summed E-state index contributed by atoms with van der Waals surface area (Å²) in [6.07, 6.45) is 4.41. The van der Waals surface area contributed by atoms with E-state index in [9.17, 15) is 0 Å². The van der Waals surface area contributed by atoms with Crippen molar-refractivity contribution < 1.29 is 0 Å². The molecule has 0 atom stereocenters. The molecule has 3 rings (SSSR count). The van der Waals surface area contributed by atoms with Gasteiger partial charge in [0.1, 0.15) is 0 Å². The van der Waals surface area contributed by atoms with E-state index >= 15 is 0 Å². The van der Waals surface area contributed by atoms with Gasteiger partial charge in [-0.2, -0.15) is 0 Å². The molecular weight excluding hydrogens is 270 g/mol. The van der Waals surface area contributed by atoms with Gasteiger partial charge in [0.15, 0.2) is 0 Å². The van der Waals surface area contributed by atoms with E-state index in [0.29, 0.717) is 5.41 Å². The monoisotopic (exact) mass is 307 g/mol. The predicted molar refractivity (Wildman–Crippen MR) is 94.2 cm³/mol. The van der Waals surface area contributed by atoms with Crippen LogP contribution in [0.4, 0.5) is 0 Å². The lowest BCUT2D eigenvalue weighted by atomic mass is 9.93. The maximum absolute atomic E-state index is 2.76. The van der Waals surface area contributed by atoms with Gasteiger partial charge in [-0.25, -0.2) is 0 Å². The van der Waals surface area contributed by atoms with Crippen molar-refractivity contribution in [2.24, 2.45) is 17.3 Å². The molecule has 3 nitrogen and oxygen atoms in total. The van der Waals surface area contributed by atoms with Gasteiger partial charge in [-0.3, -0.25) is 0 Å². The number of rotatable bonds is 7. The van der Waals surface area contributed by atoms with Crippen LogP contribution in [-0.4, -0.2) is 73.1 Å². The molecule has 0 unspecified atom stereocenters. The molecule has 3 heteroatoms. The number of piperazine rings is 1. The Balaban J connectivity index is 1.33. The molecule has 0 bridgehead atoms. The summed E-state index contributed by atoms with van der Waals surface area (Å²) in [7, 11) is 0. The highest BCUT2D eigenvalue weighted by Gasteiger charge is 2.44. The van der Waals surface area contributed by atoms with Crippen LogP contribution >= 0.6 is 0 Å². The fourth-order valence-electron chi connectivity index (χ4n) is 4.59. The first-order valence-corrected chi connectivity index (χ1v) is 9.64. The largest absolute Gasteiger partial charge is 0.300 e. The lowest BCUT2D eigenvalue weighted by molar-refractivity contribution is 0.0254. The molecule has 0 aromatic rings. The topological polar surface area (TPSA) is 9.72 Å². The molecule has 3 aliphatic rings. The van der Waals surface area contributed by atoms with E-state index in [1.807, 2.05) is 0 Å². The molecule has 0 amide bonds. The van der Waals surface area contributed by atoms with Crippen LogP contribution in [0.1, 0.15) is 47.0 Å². The SMILES string of the molecule is CC(C)CC1(CN2CCN(CC3CN(C(C)C)C3)CC2)CC1. The van der Waals surface area contributed by atoms with Crippen LogP contribution < -0.4 is 0 Å². The minimum atomic E-state index is 0.710. The number of hydrogen-bond acceptors (Lipinski definition) is 3. The number of likely N-dealkylation sites (tertiary alicyclic amines) is 1. The van der Waals surface area contributed by atoms with Crippen LogP contribution in [0.25, 0.3) is 0 Å². The average molecular weight is 308 g/mol. The van der Waals surface area contributed by atoms with Crippen molar-refractivity contribution in [2.45, 2.75) is 53.0 Å². The van der Waals surface area contributed by atoms with Gasteiger partial charge in [-0.05, 0) is 50.4 Å². The van der Waals surface area contributed by atoms with Crippen molar-refractivity contribution in [2.75, 3.05) is 52.4 Å². The summed E-state index contributed by atoms with van der Waals surface area (Å²) in [4.78, 5) is 8.08. The molecule has 0 spiro atoms. The van der Waals surface area contributed by atoms with E-state index < -0.39 is 0 Å². The molecular formula is C19H37N3.